The number of aryl methyl sites for hydroxylation is 1. The van der Waals surface area contributed by atoms with Crippen molar-refractivity contribution in [3.8, 4) is 0 Å². The summed E-state index contributed by atoms with van der Waals surface area (Å²) in [7, 11) is 6.30. The van der Waals surface area contributed by atoms with E-state index in [9.17, 15) is 0 Å². The number of hydrogen-bond acceptors (Lipinski definition) is 5. The van der Waals surface area contributed by atoms with Gasteiger partial charge >= 0.3 is 0 Å². The minimum absolute atomic E-state index is 0.158. The summed E-state index contributed by atoms with van der Waals surface area (Å²) in [6.45, 7) is 2.06. The van der Waals surface area contributed by atoms with Crippen molar-refractivity contribution in [1.82, 2.24) is 9.88 Å². The molecule has 0 fully saturated rings. The number of rotatable bonds is 4. The molecule has 1 atom stereocenters. The Labute approximate surface area is 107 Å². The van der Waals surface area contributed by atoms with Gasteiger partial charge in [-0.3, -0.25) is 0 Å². The predicted octanol–water partition coefficient (Wildman–Crippen LogP) is 1.48. The van der Waals surface area contributed by atoms with Gasteiger partial charge in [-0.15, -0.1) is 11.3 Å². The van der Waals surface area contributed by atoms with E-state index in [0.717, 1.165) is 36.8 Å². The Bertz CT molecular complexity index is 375. The summed E-state index contributed by atoms with van der Waals surface area (Å²) in [5.41, 5.74) is 7.25. The zero-order chi connectivity index (χ0) is 12.4. The number of thiazole rings is 1. The van der Waals surface area contributed by atoms with Crippen molar-refractivity contribution >= 4 is 16.5 Å². The first-order chi connectivity index (χ1) is 8.08. The average molecular weight is 254 g/mol. The van der Waals surface area contributed by atoms with Gasteiger partial charge in [0.05, 0.1) is 5.69 Å². The molecule has 0 aromatic carbocycles. The number of anilines is 1. The van der Waals surface area contributed by atoms with Gasteiger partial charge in [0.1, 0.15) is 0 Å². The maximum Gasteiger partial charge on any atom is 0.185 e. The van der Waals surface area contributed by atoms with Crippen molar-refractivity contribution in [2.24, 2.45) is 5.73 Å². The van der Waals surface area contributed by atoms with Crippen molar-refractivity contribution in [2.75, 3.05) is 39.1 Å². The molecular formula is C12H22N4S. The Morgan fingerprint density at radius 3 is 2.76 bits per heavy atom. The quantitative estimate of drug-likeness (QED) is 0.884. The van der Waals surface area contributed by atoms with E-state index >= 15 is 0 Å². The van der Waals surface area contributed by atoms with Crippen LogP contribution in [-0.2, 0) is 6.42 Å². The largest absolute Gasteiger partial charge is 0.350 e. The smallest absolute Gasteiger partial charge is 0.185 e. The molecule has 1 aliphatic carbocycles. The van der Waals surface area contributed by atoms with Crippen LogP contribution in [0.4, 0.5) is 5.13 Å². The Morgan fingerprint density at radius 2 is 2.12 bits per heavy atom. The molecule has 0 aliphatic heterocycles. The standard InChI is InChI=1S/C12H22N4S/c1-15(2)7-8-16(3)12-14-11-9(13)5-4-6-10(11)17-12/h9H,4-8,13H2,1-3H3. The van der Waals surface area contributed by atoms with Gasteiger partial charge in [-0.1, -0.05) is 0 Å². The van der Waals surface area contributed by atoms with E-state index in [2.05, 4.69) is 30.9 Å². The average Bonchev–Trinajstić information content (AvgIpc) is 2.71. The van der Waals surface area contributed by atoms with E-state index in [1.54, 1.807) is 0 Å². The summed E-state index contributed by atoms with van der Waals surface area (Å²) in [6, 6.07) is 0.158. The molecule has 0 radical (unpaired) electrons. The van der Waals surface area contributed by atoms with Crippen LogP contribution < -0.4 is 10.6 Å². The highest BCUT2D eigenvalue weighted by atomic mass is 32.1. The lowest BCUT2D eigenvalue weighted by Gasteiger charge is -2.18. The summed E-state index contributed by atoms with van der Waals surface area (Å²) in [5.74, 6) is 0. The predicted molar refractivity (Wildman–Crippen MR) is 73.8 cm³/mol. The van der Waals surface area contributed by atoms with E-state index in [-0.39, 0.29) is 6.04 Å². The van der Waals surface area contributed by atoms with Gasteiger partial charge in [0.15, 0.2) is 5.13 Å². The first kappa shape index (κ1) is 12.8. The van der Waals surface area contributed by atoms with Crippen LogP contribution in [0.3, 0.4) is 0 Å². The van der Waals surface area contributed by atoms with Crippen LogP contribution in [0.25, 0.3) is 0 Å². The molecular weight excluding hydrogens is 232 g/mol. The van der Waals surface area contributed by atoms with Crippen LogP contribution in [0.15, 0.2) is 0 Å². The Hall–Kier alpha value is -0.650. The minimum Gasteiger partial charge on any atom is -0.350 e. The van der Waals surface area contributed by atoms with Gasteiger partial charge in [0.25, 0.3) is 0 Å². The van der Waals surface area contributed by atoms with Gasteiger partial charge in [-0.2, -0.15) is 0 Å². The number of hydrogen-bond donors (Lipinski definition) is 1. The monoisotopic (exact) mass is 254 g/mol. The van der Waals surface area contributed by atoms with Crippen molar-refractivity contribution in [1.29, 1.82) is 0 Å². The third kappa shape index (κ3) is 2.97. The lowest BCUT2D eigenvalue weighted by molar-refractivity contribution is 0.416. The molecule has 0 saturated carbocycles. The van der Waals surface area contributed by atoms with E-state index in [1.165, 1.54) is 11.3 Å². The van der Waals surface area contributed by atoms with Crippen LogP contribution in [-0.4, -0.2) is 44.1 Å². The second kappa shape index (κ2) is 5.33. The molecule has 2 rings (SSSR count). The molecule has 1 unspecified atom stereocenters. The fourth-order valence-corrected chi connectivity index (χ4v) is 3.21. The topological polar surface area (TPSA) is 45.4 Å². The number of aromatic nitrogens is 1. The van der Waals surface area contributed by atoms with Crippen molar-refractivity contribution in [2.45, 2.75) is 25.3 Å². The number of likely N-dealkylation sites (N-methyl/N-ethyl adjacent to an activating group) is 2. The molecule has 2 N–H and O–H groups in total. The molecule has 1 heterocycles. The van der Waals surface area contributed by atoms with Gasteiger partial charge in [-0.25, -0.2) is 4.98 Å². The third-order valence-corrected chi connectivity index (χ3v) is 4.44. The van der Waals surface area contributed by atoms with Gasteiger partial charge in [0, 0.05) is 31.1 Å². The molecule has 17 heavy (non-hydrogen) atoms. The molecule has 1 aliphatic rings. The lowest BCUT2D eigenvalue weighted by atomic mass is 9.99. The zero-order valence-electron chi connectivity index (χ0n) is 10.9. The summed E-state index contributed by atoms with van der Waals surface area (Å²) >= 11 is 1.82. The number of fused-ring (bicyclic) bond motifs is 1. The molecule has 5 heteroatoms. The maximum atomic E-state index is 6.10. The summed E-state index contributed by atoms with van der Waals surface area (Å²) in [5, 5.41) is 1.12. The van der Waals surface area contributed by atoms with Crippen molar-refractivity contribution in [3.05, 3.63) is 10.6 Å². The molecule has 96 valence electrons. The molecule has 1 aromatic rings. The van der Waals surface area contributed by atoms with Gasteiger partial charge < -0.3 is 15.5 Å². The highest BCUT2D eigenvalue weighted by Gasteiger charge is 2.22. The lowest BCUT2D eigenvalue weighted by Crippen LogP contribution is -2.28. The summed E-state index contributed by atoms with van der Waals surface area (Å²) < 4.78 is 0. The minimum atomic E-state index is 0.158. The first-order valence-electron chi connectivity index (χ1n) is 6.19. The molecule has 4 nitrogen and oxygen atoms in total. The van der Waals surface area contributed by atoms with Gasteiger partial charge in [-0.05, 0) is 33.4 Å². The number of nitrogens with two attached hydrogens (primary N) is 1. The molecule has 0 saturated heterocycles. The highest BCUT2D eigenvalue weighted by Crippen LogP contribution is 2.35. The zero-order valence-corrected chi connectivity index (χ0v) is 11.8. The van der Waals surface area contributed by atoms with Crippen LogP contribution >= 0.6 is 11.3 Å². The van der Waals surface area contributed by atoms with E-state index in [0.29, 0.717) is 0 Å². The van der Waals surface area contributed by atoms with Crippen LogP contribution in [0.2, 0.25) is 0 Å². The molecule has 0 spiro atoms. The summed E-state index contributed by atoms with van der Waals surface area (Å²) in [4.78, 5) is 10.5. The van der Waals surface area contributed by atoms with E-state index in [1.807, 2.05) is 11.3 Å². The molecule has 0 bridgehead atoms. The van der Waals surface area contributed by atoms with Gasteiger partial charge in [0.2, 0.25) is 0 Å². The second-order valence-corrected chi connectivity index (χ2v) is 6.09. The fourth-order valence-electron chi connectivity index (χ4n) is 2.05. The van der Waals surface area contributed by atoms with E-state index < -0.39 is 0 Å². The summed E-state index contributed by atoms with van der Waals surface area (Å²) in [6.07, 6.45) is 3.44. The number of nitrogens with zero attached hydrogens (tertiary/aromatic N) is 3. The molecule has 0 amide bonds. The van der Waals surface area contributed by atoms with Crippen LogP contribution in [0.5, 0.6) is 0 Å². The van der Waals surface area contributed by atoms with Crippen molar-refractivity contribution in [3.63, 3.8) is 0 Å². The Morgan fingerprint density at radius 1 is 1.35 bits per heavy atom. The third-order valence-electron chi connectivity index (χ3n) is 3.20. The Balaban J connectivity index is 2.06. The fraction of sp³-hybridized carbons (Fsp3) is 0.750. The maximum absolute atomic E-state index is 6.10. The van der Waals surface area contributed by atoms with Crippen LogP contribution in [0.1, 0.15) is 29.5 Å². The highest BCUT2D eigenvalue weighted by molar-refractivity contribution is 7.15. The van der Waals surface area contributed by atoms with E-state index in [4.69, 9.17) is 10.7 Å². The first-order valence-corrected chi connectivity index (χ1v) is 7.00. The van der Waals surface area contributed by atoms with Crippen LogP contribution in [0, 0.1) is 0 Å². The second-order valence-electron chi connectivity index (χ2n) is 5.03. The van der Waals surface area contributed by atoms with Crippen molar-refractivity contribution < 1.29 is 0 Å². The molecule has 1 aromatic heterocycles. The normalized spacial score (nSPS) is 19.5. The SMILES string of the molecule is CN(C)CCN(C)c1nc2c(s1)CCCC2N. The Kier molecular flexibility index (Phi) is 4.01.